The van der Waals surface area contributed by atoms with Crippen LogP contribution in [0.15, 0.2) is 35.4 Å². The van der Waals surface area contributed by atoms with Crippen molar-refractivity contribution in [1.82, 2.24) is 4.98 Å². The van der Waals surface area contributed by atoms with Crippen LogP contribution in [0.2, 0.25) is 0 Å². The van der Waals surface area contributed by atoms with E-state index < -0.39 is 28.7 Å². The summed E-state index contributed by atoms with van der Waals surface area (Å²) in [4.78, 5) is 16.0. The van der Waals surface area contributed by atoms with Crippen LogP contribution >= 0.6 is 15.9 Å². The molecule has 0 spiro atoms. The summed E-state index contributed by atoms with van der Waals surface area (Å²) in [6.45, 7) is 3.51. The van der Waals surface area contributed by atoms with Gasteiger partial charge >= 0.3 is 0 Å². The predicted octanol–water partition coefficient (Wildman–Crippen LogP) is 3.31. The van der Waals surface area contributed by atoms with E-state index in [0.717, 1.165) is 12.1 Å². The molecule has 4 nitrogen and oxygen atoms in total. The molecule has 0 aliphatic rings. The van der Waals surface area contributed by atoms with Gasteiger partial charge in [-0.1, -0.05) is 6.58 Å². The summed E-state index contributed by atoms with van der Waals surface area (Å²) in [7, 11) is 0. The standard InChI is InChI=1S/C14H9BrF2N2O2/c1-6(8-4-7(15)5-19-14(8)18)13(21)11-9(16)2-3-10(20)12(11)17/h2-5,20H,1H2,(H2,18,19). The molecule has 0 amide bonds. The van der Waals surface area contributed by atoms with E-state index in [0.29, 0.717) is 4.47 Å². The van der Waals surface area contributed by atoms with Crippen LogP contribution in [0.4, 0.5) is 14.6 Å². The predicted molar refractivity (Wildman–Crippen MR) is 77.7 cm³/mol. The molecule has 1 aromatic carbocycles. The molecule has 2 rings (SSSR count). The Morgan fingerprint density at radius 3 is 2.71 bits per heavy atom. The highest BCUT2D eigenvalue weighted by molar-refractivity contribution is 9.10. The number of pyridine rings is 1. The second kappa shape index (κ2) is 5.61. The minimum atomic E-state index is -1.34. The van der Waals surface area contributed by atoms with Crippen LogP contribution in [0.1, 0.15) is 15.9 Å². The van der Waals surface area contributed by atoms with E-state index in [4.69, 9.17) is 5.73 Å². The smallest absolute Gasteiger partial charge is 0.199 e. The summed E-state index contributed by atoms with van der Waals surface area (Å²) >= 11 is 3.15. The number of carbonyl (C=O) groups excluding carboxylic acids is 1. The van der Waals surface area contributed by atoms with Crippen molar-refractivity contribution in [2.45, 2.75) is 0 Å². The molecule has 21 heavy (non-hydrogen) atoms. The molecule has 0 saturated carbocycles. The van der Waals surface area contributed by atoms with Crippen LogP contribution in [0.5, 0.6) is 5.75 Å². The highest BCUT2D eigenvalue weighted by atomic mass is 79.9. The number of nitrogens with zero attached hydrogens (tertiary/aromatic N) is 1. The van der Waals surface area contributed by atoms with Crippen molar-refractivity contribution in [1.29, 1.82) is 0 Å². The van der Waals surface area contributed by atoms with Gasteiger partial charge in [0.1, 0.15) is 11.6 Å². The van der Waals surface area contributed by atoms with Crippen molar-refractivity contribution in [3.63, 3.8) is 0 Å². The van der Waals surface area contributed by atoms with Gasteiger partial charge in [0.2, 0.25) is 0 Å². The van der Waals surface area contributed by atoms with E-state index >= 15 is 0 Å². The third-order valence-corrected chi connectivity index (χ3v) is 3.22. The summed E-state index contributed by atoms with van der Waals surface area (Å²) in [5, 5.41) is 9.26. The second-order valence-corrected chi connectivity index (χ2v) is 5.07. The number of carbonyl (C=O) groups is 1. The average Bonchev–Trinajstić information content (AvgIpc) is 2.45. The fourth-order valence-electron chi connectivity index (χ4n) is 1.71. The number of benzene rings is 1. The van der Waals surface area contributed by atoms with Crippen LogP contribution in [0, 0.1) is 11.6 Å². The minimum Gasteiger partial charge on any atom is -0.505 e. The number of allylic oxidation sites excluding steroid dienone is 1. The molecule has 3 N–H and O–H groups in total. The molecule has 0 unspecified atom stereocenters. The highest BCUT2D eigenvalue weighted by Crippen LogP contribution is 2.29. The Hall–Kier alpha value is -2.28. The Morgan fingerprint density at radius 2 is 2.05 bits per heavy atom. The number of anilines is 1. The summed E-state index contributed by atoms with van der Waals surface area (Å²) < 4.78 is 28.0. The van der Waals surface area contributed by atoms with Gasteiger partial charge in [0, 0.05) is 21.8 Å². The normalized spacial score (nSPS) is 10.4. The first-order valence-electron chi connectivity index (χ1n) is 5.65. The molecule has 1 heterocycles. The zero-order valence-corrected chi connectivity index (χ0v) is 12.1. The molecule has 0 aliphatic heterocycles. The van der Waals surface area contributed by atoms with Gasteiger partial charge in [0.15, 0.2) is 17.3 Å². The van der Waals surface area contributed by atoms with Crippen LogP contribution < -0.4 is 5.73 Å². The minimum absolute atomic E-state index is 0.00230. The van der Waals surface area contributed by atoms with Gasteiger partial charge in [-0.3, -0.25) is 4.79 Å². The molecule has 7 heteroatoms. The number of nitrogen functional groups attached to an aromatic ring is 1. The van der Waals surface area contributed by atoms with E-state index in [2.05, 4.69) is 27.5 Å². The highest BCUT2D eigenvalue weighted by Gasteiger charge is 2.24. The van der Waals surface area contributed by atoms with Crippen LogP contribution in [0.3, 0.4) is 0 Å². The molecule has 0 atom stereocenters. The summed E-state index contributed by atoms with van der Waals surface area (Å²) in [5.74, 6) is -4.29. The van der Waals surface area contributed by atoms with Gasteiger partial charge in [-0.15, -0.1) is 0 Å². The van der Waals surface area contributed by atoms with E-state index in [1.54, 1.807) is 0 Å². The van der Waals surface area contributed by atoms with Gasteiger partial charge < -0.3 is 10.8 Å². The molecular formula is C14H9BrF2N2O2. The largest absolute Gasteiger partial charge is 0.505 e. The summed E-state index contributed by atoms with van der Waals surface area (Å²) in [6, 6.07) is 3.07. The molecule has 1 aromatic heterocycles. The maximum absolute atomic E-state index is 13.8. The molecule has 0 aliphatic carbocycles. The third-order valence-electron chi connectivity index (χ3n) is 2.78. The summed E-state index contributed by atoms with van der Waals surface area (Å²) in [5.41, 5.74) is 4.66. The van der Waals surface area contributed by atoms with Gasteiger partial charge in [-0.2, -0.15) is 0 Å². The van der Waals surface area contributed by atoms with Crippen molar-refractivity contribution in [3.8, 4) is 5.75 Å². The first kappa shape index (κ1) is 15.1. The lowest BCUT2D eigenvalue weighted by Crippen LogP contribution is -2.10. The molecule has 0 bridgehead atoms. The Morgan fingerprint density at radius 1 is 1.38 bits per heavy atom. The molecular weight excluding hydrogens is 346 g/mol. The van der Waals surface area contributed by atoms with Gasteiger partial charge in [0.05, 0.1) is 5.56 Å². The number of phenols is 1. The van der Waals surface area contributed by atoms with Crippen molar-refractivity contribution >= 4 is 33.1 Å². The molecule has 2 aromatic rings. The fraction of sp³-hybridized carbons (Fsp3) is 0. The fourth-order valence-corrected chi connectivity index (χ4v) is 2.05. The third kappa shape index (κ3) is 2.78. The number of aromatic hydroxyl groups is 1. The first-order chi connectivity index (χ1) is 9.82. The molecule has 108 valence electrons. The second-order valence-electron chi connectivity index (χ2n) is 4.15. The number of phenolic OH excluding ortho intramolecular Hbond substituents is 1. The van der Waals surface area contributed by atoms with Crippen LogP contribution in [0.25, 0.3) is 5.57 Å². The Labute approximate surface area is 127 Å². The van der Waals surface area contributed by atoms with E-state index in [9.17, 15) is 18.7 Å². The lowest BCUT2D eigenvalue weighted by molar-refractivity contribution is 0.104. The quantitative estimate of drug-likeness (QED) is 0.654. The lowest BCUT2D eigenvalue weighted by Gasteiger charge is -2.10. The summed E-state index contributed by atoms with van der Waals surface area (Å²) in [6.07, 6.45) is 1.41. The Bertz CT molecular complexity index is 763. The zero-order valence-electron chi connectivity index (χ0n) is 10.5. The number of rotatable bonds is 3. The number of nitrogens with two attached hydrogens (primary N) is 1. The Balaban J connectivity index is 2.53. The number of hydrogen-bond donors (Lipinski definition) is 2. The topological polar surface area (TPSA) is 76.2 Å². The van der Waals surface area contributed by atoms with Crippen LogP contribution in [-0.4, -0.2) is 15.9 Å². The number of hydrogen-bond acceptors (Lipinski definition) is 4. The average molecular weight is 355 g/mol. The van der Waals surface area contributed by atoms with Crippen molar-refractivity contribution in [2.24, 2.45) is 0 Å². The first-order valence-corrected chi connectivity index (χ1v) is 6.44. The Kier molecular flexibility index (Phi) is 4.04. The monoisotopic (exact) mass is 354 g/mol. The van der Waals surface area contributed by atoms with E-state index in [-0.39, 0.29) is 17.0 Å². The molecule has 0 fully saturated rings. The maximum Gasteiger partial charge on any atom is 0.199 e. The number of ketones is 1. The van der Waals surface area contributed by atoms with E-state index in [1.807, 2.05) is 0 Å². The number of Topliss-reactive ketones (excluding diaryl/α,β-unsaturated/α-hetero) is 1. The van der Waals surface area contributed by atoms with Crippen molar-refractivity contribution < 1.29 is 18.7 Å². The zero-order chi connectivity index (χ0) is 15.7. The maximum atomic E-state index is 13.8. The van der Waals surface area contributed by atoms with E-state index in [1.165, 1.54) is 12.3 Å². The number of aromatic nitrogens is 1. The van der Waals surface area contributed by atoms with Crippen LogP contribution in [-0.2, 0) is 0 Å². The molecule has 0 radical (unpaired) electrons. The lowest BCUT2D eigenvalue weighted by atomic mass is 9.97. The molecule has 0 saturated heterocycles. The van der Waals surface area contributed by atoms with Gasteiger partial charge in [0.25, 0.3) is 0 Å². The van der Waals surface area contributed by atoms with Crippen molar-refractivity contribution in [2.75, 3.05) is 5.73 Å². The van der Waals surface area contributed by atoms with Gasteiger partial charge in [-0.25, -0.2) is 13.8 Å². The van der Waals surface area contributed by atoms with Crippen molar-refractivity contribution in [3.05, 3.63) is 58.2 Å². The SMILES string of the molecule is C=C(C(=O)c1c(F)ccc(O)c1F)c1cc(Br)cnc1N. The number of halogens is 3. The van der Waals surface area contributed by atoms with Gasteiger partial charge in [-0.05, 0) is 34.1 Å².